The van der Waals surface area contributed by atoms with Crippen LogP contribution in [0.2, 0.25) is 5.02 Å². The van der Waals surface area contributed by atoms with E-state index in [9.17, 15) is 5.11 Å². The zero-order chi connectivity index (χ0) is 14.8. The minimum absolute atomic E-state index is 0.0500. The van der Waals surface area contributed by atoms with Crippen LogP contribution in [0.25, 0.3) is 0 Å². The molecule has 0 spiro atoms. The number of aliphatic hydroxyl groups excluding tert-OH is 1. The van der Waals surface area contributed by atoms with Crippen molar-refractivity contribution in [1.82, 2.24) is 0 Å². The zero-order valence-corrected chi connectivity index (χ0v) is 13.9. The second-order valence-corrected chi connectivity index (χ2v) is 6.71. The van der Waals surface area contributed by atoms with Crippen molar-refractivity contribution in [1.29, 1.82) is 0 Å². The Morgan fingerprint density at radius 3 is 2.71 bits per heavy atom. The Labute approximate surface area is 138 Å². The lowest BCUT2D eigenvalue weighted by atomic mass is 10.0. The maximum atomic E-state index is 9.71. The number of hydrogen-bond acceptors (Lipinski definition) is 2. The molecule has 0 bridgehead atoms. The number of halogens is 2. The number of rotatable bonds is 5. The molecular weight excluding hydrogens is 350 g/mol. The third-order valence-electron chi connectivity index (χ3n) is 3.80. The first-order valence-electron chi connectivity index (χ1n) is 7.09. The summed E-state index contributed by atoms with van der Waals surface area (Å²) in [7, 11) is 0. The highest BCUT2D eigenvalue weighted by Gasteiger charge is 2.24. The normalized spacial score (nSPS) is 15.8. The summed E-state index contributed by atoms with van der Waals surface area (Å²) in [6, 6.07) is 14.1. The molecule has 2 nitrogen and oxygen atoms in total. The van der Waals surface area contributed by atoms with E-state index in [1.165, 1.54) is 18.4 Å². The topological polar surface area (TPSA) is 32.3 Å². The fourth-order valence-corrected chi connectivity index (χ4v) is 2.96. The lowest BCUT2D eigenvalue weighted by molar-refractivity contribution is 0.276. The van der Waals surface area contributed by atoms with Gasteiger partial charge in [-0.05, 0) is 64.0 Å². The van der Waals surface area contributed by atoms with Gasteiger partial charge in [0.15, 0.2) is 0 Å². The average Bonchev–Trinajstić information content (AvgIpc) is 3.33. The quantitative estimate of drug-likeness (QED) is 0.769. The van der Waals surface area contributed by atoms with Crippen LogP contribution in [0.1, 0.15) is 35.9 Å². The van der Waals surface area contributed by atoms with E-state index < -0.39 is 0 Å². The van der Waals surface area contributed by atoms with Crippen LogP contribution in [-0.2, 0) is 0 Å². The van der Waals surface area contributed by atoms with Gasteiger partial charge in [-0.1, -0.05) is 35.9 Å². The Hall–Kier alpha value is -1.03. The molecule has 2 aromatic carbocycles. The fraction of sp³-hybridized carbons (Fsp3) is 0.294. The minimum atomic E-state index is -0.114. The minimum Gasteiger partial charge on any atom is -0.394 e. The highest BCUT2D eigenvalue weighted by Crippen LogP contribution is 2.40. The van der Waals surface area contributed by atoms with E-state index in [1.807, 2.05) is 18.2 Å². The molecule has 0 aliphatic heterocycles. The number of anilines is 1. The maximum absolute atomic E-state index is 9.71. The average molecular weight is 367 g/mol. The van der Waals surface area contributed by atoms with Gasteiger partial charge in [-0.25, -0.2) is 0 Å². The molecule has 1 unspecified atom stereocenters. The fourth-order valence-electron chi connectivity index (χ4n) is 2.47. The van der Waals surface area contributed by atoms with Crippen LogP contribution in [0, 0.1) is 0 Å². The smallest absolute Gasteiger partial charge is 0.0745 e. The van der Waals surface area contributed by atoms with Crippen LogP contribution in [0.4, 0.5) is 5.69 Å². The van der Waals surface area contributed by atoms with Gasteiger partial charge in [-0.3, -0.25) is 0 Å². The Morgan fingerprint density at radius 2 is 2.05 bits per heavy atom. The van der Waals surface area contributed by atoms with Gasteiger partial charge in [-0.15, -0.1) is 0 Å². The summed E-state index contributed by atoms with van der Waals surface area (Å²) in [4.78, 5) is 0. The maximum Gasteiger partial charge on any atom is 0.0745 e. The number of hydrogen-bond donors (Lipinski definition) is 2. The molecule has 0 radical (unpaired) electrons. The number of aliphatic hydroxyl groups is 1. The van der Waals surface area contributed by atoms with Crippen LogP contribution in [0.5, 0.6) is 0 Å². The van der Waals surface area contributed by atoms with Crippen LogP contribution in [0.3, 0.4) is 0 Å². The highest BCUT2D eigenvalue weighted by atomic mass is 79.9. The van der Waals surface area contributed by atoms with Gasteiger partial charge >= 0.3 is 0 Å². The molecule has 2 aromatic rings. The molecule has 1 fully saturated rings. The van der Waals surface area contributed by atoms with Crippen molar-refractivity contribution >= 4 is 33.2 Å². The summed E-state index contributed by atoms with van der Waals surface area (Å²) >= 11 is 9.43. The summed E-state index contributed by atoms with van der Waals surface area (Å²) in [6.45, 7) is 0.0500. The summed E-state index contributed by atoms with van der Waals surface area (Å²) in [5.74, 6) is 0.717. The van der Waals surface area contributed by atoms with Crippen molar-refractivity contribution in [2.45, 2.75) is 24.8 Å². The predicted molar refractivity (Wildman–Crippen MR) is 91.0 cm³/mol. The summed E-state index contributed by atoms with van der Waals surface area (Å²) in [5.41, 5.74) is 3.43. The Balaban J connectivity index is 1.80. The van der Waals surface area contributed by atoms with Crippen molar-refractivity contribution < 1.29 is 5.11 Å². The molecule has 1 aliphatic rings. The second-order valence-electron chi connectivity index (χ2n) is 5.45. The lowest BCUT2D eigenvalue weighted by Gasteiger charge is -2.19. The van der Waals surface area contributed by atoms with Crippen molar-refractivity contribution in [3.63, 3.8) is 0 Å². The van der Waals surface area contributed by atoms with Gasteiger partial charge in [0, 0.05) is 10.2 Å². The summed E-state index contributed by atoms with van der Waals surface area (Å²) < 4.78 is 0.845. The first-order chi connectivity index (χ1) is 10.2. The third-order valence-corrected chi connectivity index (χ3v) is 5.02. The van der Waals surface area contributed by atoms with E-state index in [0.29, 0.717) is 10.9 Å². The third kappa shape index (κ3) is 3.60. The zero-order valence-electron chi connectivity index (χ0n) is 11.5. The Bertz CT molecular complexity index is 642. The molecule has 1 atom stereocenters. The van der Waals surface area contributed by atoms with Gasteiger partial charge in [0.05, 0.1) is 17.7 Å². The molecule has 0 heterocycles. The van der Waals surface area contributed by atoms with Crippen molar-refractivity contribution in [2.24, 2.45) is 0 Å². The molecule has 3 rings (SSSR count). The van der Waals surface area contributed by atoms with Gasteiger partial charge in [0.2, 0.25) is 0 Å². The Kier molecular flexibility index (Phi) is 4.53. The first kappa shape index (κ1) is 14.9. The van der Waals surface area contributed by atoms with E-state index in [4.69, 9.17) is 11.6 Å². The second kappa shape index (κ2) is 6.39. The van der Waals surface area contributed by atoms with Gasteiger partial charge in [0.25, 0.3) is 0 Å². The molecule has 110 valence electrons. The van der Waals surface area contributed by atoms with E-state index in [2.05, 4.69) is 45.5 Å². The molecule has 21 heavy (non-hydrogen) atoms. The molecular formula is C17H17BrClNO. The predicted octanol–water partition coefficient (Wildman–Crippen LogP) is 5.13. The van der Waals surface area contributed by atoms with Crippen molar-refractivity contribution in [3.8, 4) is 0 Å². The molecule has 0 amide bonds. The standard InChI is InChI=1S/C17H17BrClNO/c18-15-9-14(6-7-16(15)19)20-17(10-21)13-3-1-2-12(8-13)11-4-5-11/h1-3,6-9,11,17,20-21H,4-5,10H2. The van der Waals surface area contributed by atoms with E-state index in [-0.39, 0.29) is 12.6 Å². The molecule has 2 N–H and O–H groups in total. The lowest BCUT2D eigenvalue weighted by Crippen LogP contribution is -2.15. The summed E-state index contributed by atoms with van der Waals surface area (Å²) in [5, 5.41) is 13.7. The molecule has 0 aromatic heterocycles. The molecule has 1 aliphatic carbocycles. The molecule has 4 heteroatoms. The van der Waals surface area contributed by atoms with Crippen LogP contribution < -0.4 is 5.32 Å². The number of benzene rings is 2. The van der Waals surface area contributed by atoms with Gasteiger partial charge < -0.3 is 10.4 Å². The molecule has 1 saturated carbocycles. The van der Waals surface area contributed by atoms with E-state index in [1.54, 1.807) is 0 Å². The van der Waals surface area contributed by atoms with Gasteiger partial charge in [0.1, 0.15) is 0 Å². The first-order valence-corrected chi connectivity index (χ1v) is 8.27. The van der Waals surface area contributed by atoms with Crippen LogP contribution in [-0.4, -0.2) is 11.7 Å². The highest BCUT2D eigenvalue weighted by molar-refractivity contribution is 9.10. The van der Waals surface area contributed by atoms with Crippen LogP contribution >= 0.6 is 27.5 Å². The largest absolute Gasteiger partial charge is 0.394 e. The van der Waals surface area contributed by atoms with E-state index >= 15 is 0 Å². The monoisotopic (exact) mass is 365 g/mol. The Morgan fingerprint density at radius 1 is 1.24 bits per heavy atom. The summed E-state index contributed by atoms with van der Waals surface area (Å²) in [6.07, 6.45) is 2.57. The van der Waals surface area contributed by atoms with Crippen molar-refractivity contribution in [2.75, 3.05) is 11.9 Å². The SMILES string of the molecule is OCC(Nc1ccc(Cl)c(Br)c1)c1cccc(C2CC2)c1. The van der Waals surface area contributed by atoms with Crippen molar-refractivity contribution in [3.05, 3.63) is 63.1 Å². The van der Waals surface area contributed by atoms with Crippen LogP contribution in [0.15, 0.2) is 46.9 Å². The molecule has 0 saturated heterocycles. The van der Waals surface area contributed by atoms with E-state index in [0.717, 1.165) is 15.7 Å². The number of nitrogens with one attached hydrogen (secondary N) is 1. The van der Waals surface area contributed by atoms with Gasteiger partial charge in [-0.2, -0.15) is 0 Å².